The van der Waals surface area contributed by atoms with Crippen molar-refractivity contribution in [2.75, 3.05) is 6.61 Å². The summed E-state index contributed by atoms with van der Waals surface area (Å²) in [6, 6.07) is 2.96. The van der Waals surface area contributed by atoms with E-state index in [-0.39, 0.29) is 23.4 Å². The topological polar surface area (TPSA) is 51.5 Å². The van der Waals surface area contributed by atoms with E-state index in [9.17, 15) is 18.7 Å². The number of aromatic nitrogens is 1. The van der Waals surface area contributed by atoms with Crippen LogP contribution in [0.3, 0.4) is 0 Å². The summed E-state index contributed by atoms with van der Waals surface area (Å²) in [6.07, 6.45) is 1.30. The van der Waals surface area contributed by atoms with E-state index in [4.69, 9.17) is 4.74 Å². The highest BCUT2D eigenvalue weighted by Crippen LogP contribution is 2.37. The lowest BCUT2D eigenvalue weighted by Gasteiger charge is -2.06. The molecular weight excluding hydrogens is 287 g/mol. The number of hydrogen-bond acceptors (Lipinski definition) is 3. The molecule has 0 aliphatic heterocycles. The number of aromatic hydroxyl groups is 1. The lowest BCUT2D eigenvalue weighted by Crippen LogP contribution is -2.03. The van der Waals surface area contributed by atoms with Gasteiger partial charge >= 0.3 is 5.97 Å². The van der Waals surface area contributed by atoms with Gasteiger partial charge in [0.1, 0.15) is 17.2 Å². The molecule has 4 nitrogen and oxygen atoms in total. The van der Waals surface area contributed by atoms with Gasteiger partial charge in [0.05, 0.1) is 12.3 Å². The van der Waals surface area contributed by atoms with Crippen molar-refractivity contribution in [3.8, 4) is 17.0 Å². The van der Waals surface area contributed by atoms with Gasteiger partial charge in [0.2, 0.25) is 0 Å². The highest BCUT2D eigenvalue weighted by Gasteiger charge is 2.23. The molecule has 20 heavy (non-hydrogen) atoms. The van der Waals surface area contributed by atoms with Crippen LogP contribution >= 0.6 is 9.39 Å². The first-order chi connectivity index (χ1) is 9.45. The van der Waals surface area contributed by atoms with E-state index in [1.54, 1.807) is 6.92 Å². The first-order valence-corrected chi connectivity index (χ1v) is 6.29. The van der Waals surface area contributed by atoms with Gasteiger partial charge < -0.3 is 14.2 Å². The maximum absolute atomic E-state index is 13.8. The minimum Gasteiger partial charge on any atom is -0.505 e. The van der Waals surface area contributed by atoms with Crippen molar-refractivity contribution in [2.24, 2.45) is 0 Å². The van der Waals surface area contributed by atoms with Gasteiger partial charge in [-0.15, -0.1) is 0 Å². The minimum atomic E-state index is -0.836. The van der Waals surface area contributed by atoms with Gasteiger partial charge in [0.25, 0.3) is 0 Å². The smallest absolute Gasteiger partial charge is 0.343 e. The number of carbonyl (C=O) groups is 1. The van der Waals surface area contributed by atoms with E-state index in [1.165, 1.54) is 16.6 Å². The summed E-state index contributed by atoms with van der Waals surface area (Å²) in [6.45, 7) is 1.79. The van der Waals surface area contributed by atoms with Crippen LogP contribution in [0.25, 0.3) is 11.3 Å². The van der Waals surface area contributed by atoms with Crippen LogP contribution in [0.5, 0.6) is 5.75 Å². The van der Waals surface area contributed by atoms with E-state index in [2.05, 4.69) is 9.39 Å². The van der Waals surface area contributed by atoms with Crippen molar-refractivity contribution in [3.05, 3.63) is 41.6 Å². The monoisotopic (exact) mass is 299 g/mol. The first kappa shape index (κ1) is 14.5. The number of benzene rings is 1. The Balaban J connectivity index is 2.55. The van der Waals surface area contributed by atoms with Crippen LogP contribution in [-0.2, 0) is 4.74 Å². The molecule has 0 aliphatic rings. The van der Waals surface area contributed by atoms with E-state index < -0.39 is 23.4 Å². The molecule has 0 amide bonds. The Hall–Kier alpha value is -1.94. The molecule has 106 valence electrons. The van der Waals surface area contributed by atoms with Crippen LogP contribution in [0.1, 0.15) is 17.3 Å². The molecule has 0 saturated carbocycles. The quantitative estimate of drug-likeness (QED) is 0.700. The van der Waals surface area contributed by atoms with Crippen LogP contribution < -0.4 is 0 Å². The third kappa shape index (κ3) is 2.51. The van der Waals surface area contributed by atoms with E-state index in [1.807, 2.05) is 0 Å². The maximum atomic E-state index is 13.8. The molecule has 7 heteroatoms. The van der Waals surface area contributed by atoms with Crippen molar-refractivity contribution >= 4 is 15.4 Å². The number of carbonyl (C=O) groups excluding carboxylic acids is 1. The fourth-order valence-corrected chi connectivity index (χ4v) is 2.23. The molecule has 0 radical (unpaired) electrons. The summed E-state index contributed by atoms with van der Waals surface area (Å²) in [5, 5.41) is 10.1. The normalized spacial score (nSPS) is 10.6. The van der Waals surface area contributed by atoms with Crippen LogP contribution in [0.4, 0.5) is 8.78 Å². The van der Waals surface area contributed by atoms with Crippen molar-refractivity contribution < 1.29 is 23.4 Å². The Morgan fingerprint density at radius 1 is 1.45 bits per heavy atom. The molecule has 0 aliphatic carbocycles. The highest BCUT2D eigenvalue weighted by atomic mass is 31.0. The fraction of sp³-hybridized carbons (Fsp3) is 0.154. The van der Waals surface area contributed by atoms with Gasteiger partial charge in [-0.2, -0.15) is 0 Å². The lowest BCUT2D eigenvalue weighted by molar-refractivity contribution is 0.0523. The van der Waals surface area contributed by atoms with Crippen molar-refractivity contribution in [1.29, 1.82) is 0 Å². The molecule has 1 atom stereocenters. The predicted molar refractivity (Wildman–Crippen MR) is 72.5 cm³/mol. The Labute approximate surface area is 116 Å². The van der Waals surface area contributed by atoms with Crippen molar-refractivity contribution in [2.45, 2.75) is 6.92 Å². The zero-order chi connectivity index (χ0) is 14.9. The predicted octanol–water partition coefficient (Wildman–Crippen LogP) is 2.95. The largest absolute Gasteiger partial charge is 0.505 e. The second-order valence-corrected chi connectivity index (χ2v) is 4.55. The number of nitrogens with zero attached hydrogens (tertiary/aromatic N) is 1. The number of ether oxygens (including phenoxy) is 1. The van der Waals surface area contributed by atoms with Gasteiger partial charge in [0, 0.05) is 17.8 Å². The second kappa shape index (κ2) is 5.59. The molecular formula is C13H12F2NO3P. The Bertz CT molecular complexity index is 670. The summed E-state index contributed by atoms with van der Waals surface area (Å²) < 4.78 is 32.8. The first-order valence-electron chi connectivity index (χ1n) is 5.77. The summed E-state index contributed by atoms with van der Waals surface area (Å²) in [7, 11) is 2.22. The second-order valence-electron chi connectivity index (χ2n) is 3.99. The number of esters is 1. The van der Waals surface area contributed by atoms with Crippen molar-refractivity contribution in [3.63, 3.8) is 0 Å². The number of halogens is 2. The SMILES string of the molecule is CCOC(=O)c1cn(P)c(-c2ccc(F)cc2F)c1O. The highest BCUT2D eigenvalue weighted by molar-refractivity contribution is 7.14. The van der Waals surface area contributed by atoms with Gasteiger partial charge in [0.15, 0.2) is 5.75 Å². The number of rotatable bonds is 3. The van der Waals surface area contributed by atoms with E-state index >= 15 is 0 Å². The van der Waals surface area contributed by atoms with Crippen LogP contribution in [-0.4, -0.2) is 22.0 Å². The van der Waals surface area contributed by atoms with Crippen LogP contribution in [0, 0.1) is 11.6 Å². The summed E-state index contributed by atoms with van der Waals surface area (Å²) in [5.74, 6) is -2.69. The van der Waals surface area contributed by atoms with Gasteiger partial charge in [-0.1, -0.05) is 0 Å². The molecule has 1 N–H and O–H groups in total. The maximum Gasteiger partial charge on any atom is 0.343 e. The summed E-state index contributed by atoms with van der Waals surface area (Å²) >= 11 is 0. The van der Waals surface area contributed by atoms with E-state index in [0.717, 1.165) is 6.07 Å². The minimum absolute atomic E-state index is 0.0190. The van der Waals surface area contributed by atoms with Gasteiger partial charge in [-0.05, 0) is 28.4 Å². The summed E-state index contributed by atoms with van der Waals surface area (Å²) in [4.78, 5) is 11.6. The Morgan fingerprint density at radius 2 is 2.15 bits per heavy atom. The molecule has 1 heterocycles. The van der Waals surface area contributed by atoms with Crippen LogP contribution in [0.15, 0.2) is 24.4 Å². The molecule has 0 spiro atoms. The average Bonchev–Trinajstić information content (AvgIpc) is 2.66. The zero-order valence-corrected chi connectivity index (χ0v) is 11.7. The molecule has 0 bridgehead atoms. The molecule has 1 unspecified atom stereocenters. The zero-order valence-electron chi connectivity index (χ0n) is 10.6. The lowest BCUT2D eigenvalue weighted by atomic mass is 10.1. The molecule has 0 saturated heterocycles. The number of hydrogen-bond donors (Lipinski definition) is 1. The molecule has 2 aromatic rings. The molecule has 1 aromatic heterocycles. The Morgan fingerprint density at radius 3 is 2.75 bits per heavy atom. The van der Waals surface area contributed by atoms with Crippen molar-refractivity contribution in [1.82, 2.24) is 4.34 Å². The third-order valence-corrected chi connectivity index (χ3v) is 3.09. The Kier molecular flexibility index (Phi) is 4.04. The van der Waals surface area contributed by atoms with Gasteiger partial charge in [-0.3, -0.25) is 0 Å². The standard InChI is InChI=1S/C13H12F2NO3P/c1-2-19-13(18)9-6-16(20)11(12(9)17)8-4-3-7(14)5-10(8)15/h3-6,17H,2,20H2,1H3. The fourth-order valence-electron chi connectivity index (χ4n) is 1.82. The van der Waals surface area contributed by atoms with Crippen LogP contribution in [0.2, 0.25) is 0 Å². The molecule has 0 fully saturated rings. The molecule has 2 rings (SSSR count). The average molecular weight is 299 g/mol. The van der Waals surface area contributed by atoms with E-state index in [0.29, 0.717) is 6.07 Å². The summed E-state index contributed by atoms with van der Waals surface area (Å²) in [5.41, 5.74) is -0.0504. The third-order valence-electron chi connectivity index (χ3n) is 2.69. The van der Waals surface area contributed by atoms with Gasteiger partial charge in [-0.25, -0.2) is 13.6 Å². The molecule has 1 aromatic carbocycles.